The molecule has 0 aliphatic rings. The first-order chi connectivity index (χ1) is 16.2. The number of hydrogen-bond donors (Lipinski definition) is 1. The highest BCUT2D eigenvalue weighted by molar-refractivity contribution is 7.98. The standard InChI is InChI=1S/C23H15ClN6OS2/c24-14-5-7-16(8-6-14)30-21(18-12-25-19-4-2-1-3-17(18)19)27-28-23(30)33-13-15-11-20(31)29-9-10-32-22(29)26-15/h1-12,25H,13H2. The third-order valence-electron chi connectivity index (χ3n) is 5.25. The number of benzene rings is 2. The fourth-order valence-corrected chi connectivity index (χ4v) is 5.43. The molecule has 7 nitrogen and oxygen atoms in total. The molecule has 0 radical (unpaired) electrons. The molecule has 162 valence electrons. The van der Waals surface area contributed by atoms with Gasteiger partial charge in [-0.2, -0.15) is 0 Å². The van der Waals surface area contributed by atoms with E-state index in [1.54, 1.807) is 16.7 Å². The molecule has 0 bridgehead atoms. The number of nitrogens with zero attached hydrogens (tertiary/aromatic N) is 5. The van der Waals surface area contributed by atoms with E-state index in [1.165, 1.54) is 23.1 Å². The van der Waals surface area contributed by atoms with Crippen LogP contribution in [0.3, 0.4) is 0 Å². The van der Waals surface area contributed by atoms with Crippen molar-refractivity contribution < 1.29 is 0 Å². The minimum atomic E-state index is -0.0875. The summed E-state index contributed by atoms with van der Waals surface area (Å²) < 4.78 is 3.55. The van der Waals surface area contributed by atoms with Crippen molar-refractivity contribution in [2.45, 2.75) is 10.9 Å². The van der Waals surface area contributed by atoms with E-state index in [0.29, 0.717) is 26.6 Å². The van der Waals surface area contributed by atoms with Gasteiger partial charge >= 0.3 is 0 Å². The highest BCUT2D eigenvalue weighted by atomic mass is 35.5. The van der Waals surface area contributed by atoms with Gasteiger partial charge in [-0.15, -0.1) is 21.5 Å². The van der Waals surface area contributed by atoms with Crippen LogP contribution < -0.4 is 5.56 Å². The monoisotopic (exact) mass is 490 g/mol. The van der Waals surface area contributed by atoms with Crippen molar-refractivity contribution in [1.82, 2.24) is 29.1 Å². The van der Waals surface area contributed by atoms with Crippen molar-refractivity contribution in [3.63, 3.8) is 0 Å². The van der Waals surface area contributed by atoms with Crippen LogP contribution in [0.5, 0.6) is 0 Å². The largest absolute Gasteiger partial charge is 0.360 e. The summed E-state index contributed by atoms with van der Waals surface area (Å²) in [6.07, 6.45) is 3.68. The molecule has 1 N–H and O–H groups in total. The van der Waals surface area contributed by atoms with Gasteiger partial charge in [0.15, 0.2) is 15.9 Å². The Kier molecular flexibility index (Phi) is 5.01. The van der Waals surface area contributed by atoms with Gasteiger partial charge in [0.05, 0.1) is 5.69 Å². The van der Waals surface area contributed by atoms with Crippen molar-refractivity contribution in [3.05, 3.63) is 93.4 Å². The molecule has 10 heteroatoms. The van der Waals surface area contributed by atoms with Crippen LogP contribution in [0.2, 0.25) is 5.02 Å². The van der Waals surface area contributed by atoms with E-state index in [9.17, 15) is 4.79 Å². The summed E-state index contributed by atoms with van der Waals surface area (Å²) in [7, 11) is 0. The molecule has 33 heavy (non-hydrogen) atoms. The average Bonchev–Trinajstić information content (AvgIpc) is 3.56. The first kappa shape index (κ1) is 20.2. The zero-order valence-corrected chi connectivity index (χ0v) is 19.4. The van der Waals surface area contributed by atoms with E-state index in [-0.39, 0.29) is 5.56 Å². The maximum atomic E-state index is 12.3. The minimum absolute atomic E-state index is 0.0875. The molecule has 6 aromatic rings. The molecule has 0 saturated carbocycles. The molecule has 0 aliphatic heterocycles. The lowest BCUT2D eigenvalue weighted by Crippen LogP contribution is -2.12. The summed E-state index contributed by atoms with van der Waals surface area (Å²) in [5.41, 5.74) is 3.49. The lowest BCUT2D eigenvalue weighted by Gasteiger charge is -2.10. The second-order valence-electron chi connectivity index (χ2n) is 7.30. The number of aromatic amines is 1. The van der Waals surface area contributed by atoms with Crippen molar-refractivity contribution in [2.24, 2.45) is 0 Å². The van der Waals surface area contributed by atoms with Gasteiger partial charge in [0.25, 0.3) is 5.56 Å². The van der Waals surface area contributed by atoms with Gasteiger partial charge in [0.1, 0.15) is 0 Å². The third-order valence-corrected chi connectivity index (χ3v) is 7.22. The number of halogens is 1. The summed E-state index contributed by atoms with van der Waals surface area (Å²) in [6, 6.07) is 17.2. The number of rotatable bonds is 5. The molecule has 0 unspecified atom stereocenters. The number of nitrogens with one attached hydrogen (secondary N) is 1. The number of aromatic nitrogens is 6. The van der Waals surface area contributed by atoms with E-state index in [4.69, 9.17) is 11.6 Å². The topological polar surface area (TPSA) is 80.9 Å². The van der Waals surface area contributed by atoms with Crippen LogP contribution in [-0.4, -0.2) is 29.1 Å². The summed E-state index contributed by atoms with van der Waals surface area (Å²) >= 11 is 9.05. The normalized spacial score (nSPS) is 11.5. The zero-order valence-electron chi connectivity index (χ0n) is 17.0. The van der Waals surface area contributed by atoms with E-state index in [2.05, 4.69) is 26.2 Å². The number of H-pyrrole nitrogens is 1. The fraction of sp³-hybridized carbons (Fsp3) is 0.0435. The quantitative estimate of drug-likeness (QED) is 0.326. The molecular formula is C23H15ClN6OS2. The van der Waals surface area contributed by atoms with E-state index in [1.807, 2.05) is 58.6 Å². The van der Waals surface area contributed by atoms with Crippen LogP contribution in [0.25, 0.3) is 32.9 Å². The van der Waals surface area contributed by atoms with Crippen LogP contribution in [0.4, 0.5) is 0 Å². The Labute approximate surface area is 200 Å². The molecule has 0 amide bonds. The van der Waals surface area contributed by atoms with Gasteiger partial charge in [-0.3, -0.25) is 13.8 Å². The summed E-state index contributed by atoms with van der Waals surface area (Å²) in [5, 5.41) is 13.3. The number of hydrogen-bond acceptors (Lipinski definition) is 6. The van der Waals surface area contributed by atoms with Gasteiger partial charge in [0, 0.05) is 56.8 Å². The minimum Gasteiger partial charge on any atom is -0.360 e. The smallest absolute Gasteiger partial charge is 0.258 e. The van der Waals surface area contributed by atoms with Gasteiger partial charge < -0.3 is 4.98 Å². The number of thioether (sulfide) groups is 1. The highest BCUT2D eigenvalue weighted by Crippen LogP contribution is 2.33. The summed E-state index contributed by atoms with van der Waals surface area (Å²) in [5.74, 6) is 1.21. The van der Waals surface area contributed by atoms with Gasteiger partial charge in [-0.1, -0.05) is 41.6 Å². The second-order valence-corrected chi connectivity index (χ2v) is 9.55. The predicted molar refractivity (Wildman–Crippen MR) is 133 cm³/mol. The third kappa shape index (κ3) is 3.64. The molecule has 0 spiro atoms. The SMILES string of the molecule is O=c1cc(CSc2nnc(-c3c[nH]c4ccccc34)n2-c2ccc(Cl)cc2)nc2sccn12. The summed E-state index contributed by atoms with van der Waals surface area (Å²) in [6.45, 7) is 0. The van der Waals surface area contributed by atoms with Crippen molar-refractivity contribution >= 4 is 50.6 Å². The van der Waals surface area contributed by atoms with E-state index in [0.717, 1.165) is 28.0 Å². The Hall–Kier alpha value is -3.40. The lowest BCUT2D eigenvalue weighted by atomic mass is 10.1. The molecule has 2 aromatic carbocycles. The van der Waals surface area contributed by atoms with Gasteiger partial charge in [-0.25, -0.2) is 4.98 Å². The van der Waals surface area contributed by atoms with Crippen LogP contribution in [0, 0.1) is 0 Å². The molecular weight excluding hydrogens is 476 g/mol. The van der Waals surface area contributed by atoms with Crippen LogP contribution in [0.1, 0.15) is 5.69 Å². The van der Waals surface area contributed by atoms with Gasteiger partial charge in [-0.05, 0) is 30.3 Å². The molecule has 0 atom stereocenters. The van der Waals surface area contributed by atoms with E-state index >= 15 is 0 Å². The molecule has 0 saturated heterocycles. The zero-order chi connectivity index (χ0) is 22.4. The number of thiazole rings is 1. The van der Waals surface area contributed by atoms with Crippen LogP contribution in [-0.2, 0) is 5.75 Å². The Bertz CT molecular complexity index is 1660. The highest BCUT2D eigenvalue weighted by Gasteiger charge is 2.19. The van der Waals surface area contributed by atoms with Crippen LogP contribution >= 0.6 is 34.7 Å². The predicted octanol–water partition coefficient (Wildman–Crippen LogP) is 5.43. The van der Waals surface area contributed by atoms with Crippen molar-refractivity contribution in [1.29, 1.82) is 0 Å². The molecule has 4 heterocycles. The first-order valence-electron chi connectivity index (χ1n) is 10.0. The summed E-state index contributed by atoms with van der Waals surface area (Å²) in [4.78, 5) is 20.9. The molecule has 0 fully saturated rings. The second kappa shape index (κ2) is 8.18. The Morgan fingerprint density at radius 1 is 1.09 bits per heavy atom. The number of para-hydroxylation sites is 1. The van der Waals surface area contributed by atoms with Crippen molar-refractivity contribution in [3.8, 4) is 17.1 Å². The molecule has 0 aliphatic carbocycles. The maximum Gasteiger partial charge on any atom is 0.258 e. The molecule has 6 rings (SSSR count). The lowest BCUT2D eigenvalue weighted by molar-refractivity contribution is 0.885. The van der Waals surface area contributed by atoms with Crippen LogP contribution in [0.15, 0.2) is 82.3 Å². The maximum absolute atomic E-state index is 12.3. The fourth-order valence-electron chi connectivity index (χ4n) is 3.72. The van der Waals surface area contributed by atoms with Gasteiger partial charge in [0.2, 0.25) is 0 Å². The Morgan fingerprint density at radius 2 is 1.94 bits per heavy atom. The molecule has 4 aromatic heterocycles. The van der Waals surface area contributed by atoms with E-state index < -0.39 is 0 Å². The first-order valence-corrected chi connectivity index (χ1v) is 12.3. The average molecular weight is 491 g/mol. The Morgan fingerprint density at radius 3 is 2.82 bits per heavy atom. The van der Waals surface area contributed by atoms with Crippen molar-refractivity contribution in [2.75, 3.05) is 0 Å². The number of fused-ring (bicyclic) bond motifs is 2. The Balaban J connectivity index is 1.43.